The Kier molecular flexibility index (Phi) is 3.95. The van der Waals surface area contributed by atoms with Crippen molar-refractivity contribution in [2.75, 3.05) is 14.2 Å². The molecule has 3 rings (SSSR count). The van der Waals surface area contributed by atoms with E-state index in [-0.39, 0.29) is 0 Å². The molecule has 4 unspecified atom stereocenters. The van der Waals surface area contributed by atoms with Gasteiger partial charge in [0.1, 0.15) is 0 Å². The number of hydrogen-bond donors (Lipinski definition) is 1. The SMILES string of the molecule is COc1cc(Br)c(C(O)C2CC3CCC2C3)cc1OC. The Balaban J connectivity index is 1.89. The van der Waals surface area contributed by atoms with E-state index in [4.69, 9.17) is 9.47 Å². The molecule has 0 aliphatic heterocycles. The van der Waals surface area contributed by atoms with Gasteiger partial charge in [-0.3, -0.25) is 0 Å². The number of fused-ring (bicyclic) bond motifs is 2. The molecular formula is C16H21BrO3. The molecule has 0 saturated heterocycles. The van der Waals surface area contributed by atoms with Gasteiger partial charge >= 0.3 is 0 Å². The first kappa shape index (κ1) is 14.2. The first-order valence-electron chi connectivity index (χ1n) is 7.23. The van der Waals surface area contributed by atoms with Crippen molar-refractivity contribution in [1.29, 1.82) is 0 Å². The van der Waals surface area contributed by atoms with Crippen molar-refractivity contribution in [2.24, 2.45) is 17.8 Å². The summed E-state index contributed by atoms with van der Waals surface area (Å²) in [5, 5.41) is 10.8. The summed E-state index contributed by atoms with van der Waals surface area (Å²) in [6.07, 6.45) is 4.66. The summed E-state index contributed by atoms with van der Waals surface area (Å²) in [6, 6.07) is 3.78. The maximum Gasteiger partial charge on any atom is 0.161 e. The number of hydrogen-bond acceptors (Lipinski definition) is 3. The Labute approximate surface area is 128 Å². The highest BCUT2D eigenvalue weighted by molar-refractivity contribution is 9.10. The Morgan fingerprint density at radius 3 is 2.40 bits per heavy atom. The molecule has 4 heteroatoms. The van der Waals surface area contributed by atoms with Gasteiger partial charge in [-0.25, -0.2) is 0 Å². The van der Waals surface area contributed by atoms with E-state index in [0.29, 0.717) is 23.3 Å². The van der Waals surface area contributed by atoms with Crippen molar-refractivity contribution < 1.29 is 14.6 Å². The predicted molar refractivity (Wildman–Crippen MR) is 81.1 cm³/mol. The zero-order chi connectivity index (χ0) is 14.3. The van der Waals surface area contributed by atoms with Crippen LogP contribution in [0.15, 0.2) is 16.6 Å². The number of ether oxygens (including phenoxy) is 2. The lowest BCUT2D eigenvalue weighted by Gasteiger charge is -2.28. The van der Waals surface area contributed by atoms with Crippen LogP contribution in [0.5, 0.6) is 11.5 Å². The van der Waals surface area contributed by atoms with Gasteiger partial charge in [-0.2, -0.15) is 0 Å². The Morgan fingerprint density at radius 2 is 1.85 bits per heavy atom. The van der Waals surface area contributed by atoms with Gasteiger partial charge in [0.2, 0.25) is 0 Å². The third-order valence-electron chi connectivity index (χ3n) is 5.02. The van der Waals surface area contributed by atoms with Crippen molar-refractivity contribution in [3.63, 3.8) is 0 Å². The minimum atomic E-state index is -0.417. The van der Waals surface area contributed by atoms with Gasteiger partial charge in [0, 0.05) is 4.47 Å². The monoisotopic (exact) mass is 340 g/mol. The fourth-order valence-electron chi connectivity index (χ4n) is 4.01. The van der Waals surface area contributed by atoms with E-state index in [1.165, 1.54) is 19.3 Å². The molecule has 0 aromatic heterocycles. The van der Waals surface area contributed by atoms with Gasteiger partial charge in [0.15, 0.2) is 11.5 Å². The highest BCUT2D eigenvalue weighted by atomic mass is 79.9. The molecule has 1 aromatic carbocycles. The van der Waals surface area contributed by atoms with E-state index in [1.54, 1.807) is 14.2 Å². The molecule has 20 heavy (non-hydrogen) atoms. The number of halogens is 1. The fraction of sp³-hybridized carbons (Fsp3) is 0.625. The van der Waals surface area contributed by atoms with Crippen molar-refractivity contribution >= 4 is 15.9 Å². The molecular weight excluding hydrogens is 320 g/mol. The second-order valence-electron chi connectivity index (χ2n) is 6.01. The largest absolute Gasteiger partial charge is 0.493 e. The molecule has 0 spiro atoms. The second-order valence-corrected chi connectivity index (χ2v) is 6.87. The molecule has 2 saturated carbocycles. The molecule has 0 heterocycles. The van der Waals surface area contributed by atoms with Crippen LogP contribution in [0.3, 0.4) is 0 Å². The van der Waals surface area contributed by atoms with Gasteiger partial charge < -0.3 is 14.6 Å². The lowest BCUT2D eigenvalue weighted by molar-refractivity contribution is 0.0737. The molecule has 2 fully saturated rings. The Hall–Kier alpha value is -0.740. The normalized spacial score (nSPS) is 29.5. The molecule has 1 N–H and O–H groups in total. The van der Waals surface area contributed by atoms with E-state index in [9.17, 15) is 5.11 Å². The van der Waals surface area contributed by atoms with Gasteiger partial charge in [-0.05, 0) is 54.7 Å². The van der Waals surface area contributed by atoms with E-state index in [0.717, 1.165) is 22.4 Å². The van der Waals surface area contributed by atoms with Crippen LogP contribution in [-0.2, 0) is 0 Å². The maximum atomic E-state index is 10.8. The van der Waals surface area contributed by atoms with E-state index in [1.807, 2.05) is 12.1 Å². The van der Waals surface area contributed by atoms with Gasteiger partial charge in [0.25, 0.3) is 0 Å². The predicted octanol–water partition coefficient (Wildman–Crippen LogP) is 3.94. The minimum absolute atomic E-state index is 0.392. The minimum Gasteiger partial charge on any atom is -0.493 e. The topological polar surface area (TPSA) is 38.7 Å². The third kappa shape index (κ3) is 2.33. The summed E-state index contributed by atoms with van der Waals surface area (Å²) in [4.78, 5) is 0. The average molecular weight is 341 g/mol. The Morgan fingerprint density at radius 1 is 1.15 bits per heavy atom. The molecule has 3 nitrogen and oxygen atoms in total. The van der Waals surface area contributed by atoms with Crippen molar-refractivity contribution in [1.82, 2.24) is 0 Å². The summed E-state index contributed by atoms with van der Waals surface area (Å²) < 4.78 is 11.5. The van der Waals surface area contributed by atoms with Gasteiger partial charge in [0.05, 0.1) is 20.3 Å². The van der Waals surface area contributed by atoms with Crippen LogP contribution in [0.4, 0.5) is 0 Å². The maximum absolute atomic E-state index is 10.8. The number of methoxy groups -OCH3 is 2. The zero-order valence-corrected chi connectivity index (χ0v) is 13.5. The first-order valence-corrected chi connectivity index (χ1v) is 8.02. The van der Waals surface area contributed by atoms with Crippen molar-refractivity contribution in [2.45, 2.75) is 31.8 Å². The lowest BCUT2D eigenvalue weighted by Crippen LogP contribution is -2.19. The number of benzene rings is 1. The molecule has 4 atom stereocenters. The second kappa shape index (κ2) is 5.57. The third-order valence-corrected chi connectivity index (χ3v) is 5.71. The van der Waals surface area contributed by atoms with Gasteiger partial charge in [-0.1, -0.05) is 22.4 Å². The Bertz CT molecular complexity index is 503. The van der Waals surface area contributed by atoms with Crippen LogP contribution < -0.4 is 9.47 Å². The van der Waals surface area contributed by atoms with Crippen LogP contribution in [0.1, 0.15) is 37.4 Å². The quantitative estimate of drug-likeness (QED) is 0.902. The van der Waals surface area contributed by atoms with E-state index < -0.39 is 6.10 Å². The average Bonchev–Trinajstić information content (AvgIpc) is 3.08. The standard InChI is InChI=1S/C16H21BrO3/c1-19-14-7-12(13(17)8-15(14)20-2)16(18)11-6-9-3-4-10(11)5-9/h7-11,16,18H,3-6H2,1-2H3. The molecule has 0 amide bonds. The zero-order valence-electron chi connectivity index (χ0n) is 11.9. The first-order chi connectivity index (χ1) is 9.63. The molecule has 1 aromatic rings. The molecule has 2 aliphatic carbocycles. The molecule has 2 bridgehead atoms. The van der Waals surface area contributed by atoms with Crippen LogP contribution in [-0.4, -0.2) is 19.3 Å². The number of aliphatic hydroxyl groups is 1. The molecule has 0 radical (unpaired) electrons. The summed E-state index contributed by atoms with van der Waals surface area (Å²) in [7, 11) is 3.25. The molecule has 110 valence electrons. The summed E-state index contributed by atoms with van der Waals surface area (Å²) in [5.41, 5.74) is 0.917. The highest BCUT2D eigenvalue weighted by Gasteiger charge is 2.43. The van der Waals surface area contributed by atoms with Gasteiger partial charge in [-0.15, -0.1) is 0 Å². The molecule has 2 aliphatic rings. The number of rotatable bonds is 4. The van der Waals surface area contributed by atoms with Crippen LogP contribution in [0.25, 0.3) is 0 Å². The summed E-state index contributed by atoms with van der Waals surface area (Å²) >= 11 is 3.56. The summed E-state index contributed by atoms with van der Waals surface area (Å²) in [5.74, 6) is 3.27. The summed E-state index contributed by atoms with van der Waals surface area (Å²) in [6.45, 7) is 0. The number of aliphatic hydroxyl groups excluding tert-OH is 1. The van der Waals surface area contributed by atoms with Crippen molar-refractivity contribution in [3.8, 4) is 11.5 Å². The van der Waals surface area contributed by atoms with Crippen LogP contribution in [0, 0.1) is 17.8 Å². The highest BCUT2D eigenvalue weighted by Crippen LogP contribution is 2.53. The smallest absolute Gasteiger partial charge is 0.161 e. The lowest BCUT2D eigenvalue weighted by atomic mass is 9.82. The van der Waals surface area contributed by atoms with E-state index in [2.05, 4.69) is 15.9 Å². The van der Waals surface area contributed by atoms with Crippen LogP contribution in [0.2, 0.25) is 0 Å². The van der Waals surface area contributed by atoms with Crippen LogP contribution >= 0.6 is 15.9 Å². The fourth-order valence-corrected chi connectivity index (χ4v) is 4.56. The van der Waals surface area contributed by atoms with Crippen molar-refractivity contribution in [3.05, 3.63) is 22.2 Å². The van der Waals surface area contributed by atoms with E-state index >= 15 is 0 Å².